The summed E-state index contributed by atoms with van der Waals surface area (Å²) in [5.74, 6) is -0.190. The van der Waals surface area contributed by atoms with E-state index in [1.54, 1.807) is 11.9 Å². The first-order valence-corrected chi connectivity index (χ1v) is 7.78. The smallest absolute Gasteiger partial charge is 0.257 e. The van der Waals surface area contributed by atoms with Crippen LogP contribution < -0.4 is 4.74 Å². The fourth-order valence-electron chi connectivity index (χ4n) is 2.99. The van der Waals surface area contributed by atoms with Gasteiger partial charge in [-0.25, -0.2) is 4.39 Å². The third kappa shape index (κ3) is 3.58. The lowest BCUT2D eigenvalue weighted by Crippen LogP contribution is -2.47. The van der Waals surface area contributed by atoms with E-state index in [0.29, 0.717) is 11.8 Å². The molecule has 0 atom stereocenters. The Kier molecular flexibility index (Phi) is 5.40. The summed E-state index contributed by atoms with van der Waals surface area (Å²) < 4.78 is 18.6. The highest BCUT2D eigenvalue weighted by Crippen LogP contribution is 2.24. The van der Waals surface area contributed by atoms with Gasteiger partial charge in [0.1, 0.15) is 11.6 Å². The molecule has 0 aromatic heterocycles. The van der Waals surface area contributed by atoms with Crippen molar-refractivity contribution in [1.29, 1.82) is 0 Å². The number of methoxy groups -OCH3 is 1. The van der Waals surface area contributed by atoms with E-state index in [4.69, 9.17) is 4.74 Å². The fourth-order valence-corrected chi connectivity index (χ4v) is 2.99. The summed E-state index contributed by atoms with van der Waals surface area (Å²) in [6.45, 7) is 6.35. The minimum Gasteiger partial charge on any atom is -0.496 e. The third-order valence-electron chi connectivity index (χ3n) is 4.49. The third-order valence-corrected chi connectivity index (χ3v) is 4.49. The number of hydrogen-bond acceptors (Lipinski definition) is 3. The molecule has 1 amide bonds. The van der Waals surface area contributed by atoms with Crippen LogP contribution in [0.4, 0.5) is 4.39 Å². The number of halogens is 1. The summed E-state index contributed by atoms with van der Waals surface area (Å²) in [6.07, 6.45) is 1.89. The molecule has 4 nitrogen and oxygen atoms in total. The molecule has 0 saturated carbocycles. The van der Waals surface area contributed by atoms with Crippen LogP contribution in [-0.4, -0.2) is 55.0 Å². The molecule has 1 aromatic carbocycles. The number of piperidine rings is 1. The Morgan fingerprint density at radius 2 is 2.00 bits per heavy atom. The zero-order valence-electron chi connectivity index (χ0n) is 13.8. The summed E-state index contributed by atoms with van der Waals surface area (Å²) in [6, 6.07) is 4.77. The van der Waals surface area contributed by atoms with Crippen molar-refractivity contribution in [3.8, 4) is 5.75 Å². The molecule has 1 saturated heterocycles. The molecule has 1 fully saturated rings. The lowest BCUT2D eigenvalue weighted by molar-refractivity contribution is 0.0612. The van der Waals surface area contributed by atoms with Crippen LogP contribution in [-0.2, 0) is 0 Å². The number of ether oxygens (including phenoxy) is 1. The average molecular weight is 308 g/mol. The van der Waals surface area contributed by atoms with E-state index < -0.39 is 5.82 Å². The number of likely N-dealkylation sites (tertiary alicyclic amines) is 1. The standard InChI is InChI=1S/C17H25FN2O2/c1-12(2)20-9-7-14(8-10-20)19(3)17(21)15-11-13(18)5-6-16(15)22-4/h5-6,11-12,14H,7-10H2,1-4H3. The maximum absolute atomic E-state index is 13.5. The molecular weight excluding hydrogens is 283 g/mol. The zero-order valence-corrected chi connectivity index (χ0v) is 13.8. The van der Waals surface area contributed by atoms with E-state index >= 15 is 0 Å². The second-order valence-corrected chi connectivity index (χ2v) is 6.12. The van der Waals surface area contributed by atoms with Crippen molar-refractivity contribution >= 4 is 5.91 Å². The van der Waals surface area contributed by atoms with Crippen LogP contribution in [0.25, 0.3) is 0 Å². The molecule has 0 aliphatic carbocycles. The molecule has 0 spiro atoms. The quantitative estimate of drug-likeness (QED) is 0.857. The van der Waals surface area contributed by atoms with Crippen molar-refractivity contribution < 1.29 is 13.9 Å². The second-order valence-electron chi connectivity index (χ2n) is 6.12. The Morgan fingerprint density at radius 3 is 2.55 bits per heavy atom. The van der Waals surface area contributed by atoms with Crippen molar-refractivity contribution in [2.45, 2.75) is 38.8 Å². The SMILES string of the molecule is COc1ccc(F)cc1C(=O)N(C)C1CCN(C(C)C)CC1. The minimum absolute atomic E-state index is 0.181. The maximum atomic E-state index is 13.5. The van der Waals surface area contributed by atoms with Crippen molar-refractivity contribution in [3.63, 3.8) is 0 Å². The van der Waals surface area contributed by atoms with E-state index in [1.807, 2.05) is 0 Å². The van der Waals surface area contributed by atoms with Crippen LogP contribution in [0.2, 0.25) is 0 Å². The van der Waals surface area contributed by atoms with Gasteiger partial charge in [0.15, 0.2) is 0 Å². The number of nitrogens with zero attached hydrogens (tertiary/aromatic N) is 2. The Bertz CT molecular complexity index is 525. The molecule has 22 heavy (non-hydrogen) atoms. The molecule has 122 valence electrons. The predicted octanol–water partition coefficient (Wildman–Crippen LogP) is 2.78. The molecule has 1 heterocycles. The number of amides is 1. The summed E-state index contributed by atoms with van der Waals surface area (Å²) in [5.41, 5.74) is 0.288. The van der Waals surface area contributed by atoms with Gasteiger partial charge in [0, 0.05) is 32.2 Å². The monoisotopic (exact) mass is 308 g/mol. The molecular formula is C17H25FN2O2. The van der Waals surface area contributed by atoms with Gasteiger partial charge in [-0.1, -0.05) is 0 Å². The van der Waals surface area contributed by atoms with E-state index in [1.165, 1.54) is 25.3 Å². The summed E-state index contributed by atoms with van der Waals surface area (Å²) in [4.78, 5) is 16.8. The van der Waals surface area contributed by atoms with Crippen molar-refractivity contribution in [1.82, 2.24) is 9.80 Å². The van der Waals surface area contributed by atoms with Crippen LogP contribution in [0.15, 0.2) is 18.2 Å². The van der Waals surface area contributed by atoms with Crippen LogP contribution >= 0.6 is 0 Å². The minimum atomic E-state index is -0.424. The normalized spacial score (nSPS) is 16.8. The van der Waals surface area contributed by atoms with Crippen LogP contribution in [0.5, 0.6) is 5.75 Å². The first-order chi connectivity index (χ1) is 10.4. The number of hydrogen-bond donors (Lipinski definition) is 0. The first-order valence-electron chi connectivity index (χ1n) is 7.78. The molecule has 0 radical (unpaired) electrons. The zero-order chi connectivity index (χ0) is 16.3. The van der Waals surface area contributed by atoms with Gasteiger partial charge in [-0.3, -0.25) is 4.79 Å². The lowest BCUT2D eigenvalue weighted by Gasteiger charge is -2.38. The number of benzene rings is 1. The van der Waals surface area contributed by atoms with E-state index in [-0.39, 0.29) is 17.5 Å². The van der Waals surface area contributed by atoms with Gasteiger partial charge in [0.05, 0.1) is 12.7 Å². The Labute approximate surface area is 131 Å². The summed E-state index contributed by atoms with van der Waals surface area (Å²) >= 11 is 0. The number of carbonyl (C=O) groups is 1. The number of rotatable bonds is 4. The van der Waals surface area contributed by atoms with E-state index in [2.05, 4.69) is 18.7 Å². The van der Waals surface area contributed by atoms with Gasteiger partial charge in [-0.15, -0.1) is 0 Å². The van der Waals surface area contributed by atoms with Crippen molar-refractivity contribution in [3.05, 3.63) is 29.6 Å². The molecule has 2 rings (SSSR count). The van der Waals surface area contributed by atoms with Crippen LogP contribution in [0.1, 0.15) is 37.0 Å². The van der Waals surface area contributed by atoms with Crippen molar-refractivity contribution in [2.75, 3.05) is 27.2 Å². The predicted molar refractivity (Wildman–Crippen MR) is 84.8 cm³/mol. The van der Waals surface area contributed by atoms with E-state index in [0.717, 1.165) is 25.9 Å². The van der Waals surface area contributed by atoms with Gasteiger partial charge < -0.3 is 14.5 Å². The summed E-state index contributed by atoms with van der Waals surface area (Å²) in [7, 11) is 3.29. The number of carbonyl (C=O) groups excluding carboxylic acids is 1. The van der Waals surface area contributed by atoms with Gasteiger partial charge in [0.25, 0.3) is 5.91 Å². The van der Waals surface area contributed by atoms with Gasteiger partial charge in [-0.2, -0.15) is 0 Å². The van der Waals surface area contributed by atoms with E-state index in [9.17, 15) is 9.18 Å². The molecule has 1 aliphatic rings. The highest BCUT2D eigenvalue weighted by molar-refractivity contribution is 5.97. The van der Waals surface area contributed by atoms with Crippen molar-refractivity contribution in [2.24, 2.45) is 0 Å². The maximum Gasteiger partial charge on any atom is 0.257 e. The largest absolute Gasteiger partial charge is 0.496 e. The van der Waals surface area contributed by atoms with Gasteiger partial charge in [0.2, 0.25) is 0 Å². The molecule has 1 aromatic rings. The van der Waals surface area contributed by atoms with Gasteiger partial charge >= 0.3 is 0 Å². The highest BCUT2D eigenvalue weighted by atomic mass is 19.1. The van der Waals surface area contributed by atoms with Crippen LogP contribution in [0.3, 0.4) is 0 Å². The second kappa shape index (κ2) is 7.09. The van der Waals surface area contributed by atoms with Crippen LogP contribution in [0, 0.1) is 5.82 Å². The molecule has 0 N–H and O–H groups in total. The average Bonchev–Trinajstić information content (AvgIpc) is 2.53. The molecule has 5 heteroatoms. The Morgan fingerprint density at radius 1 is 1.36 bits per heavy atom. The van der Waals surface area contributed by atoms with Gasteiger partial charge in [-0.05, 0) is 44.9 Å². The molecule has 1 aliphatic heterocycles. The highest BCUT2D eigenvalue weighted by Gasteiger charge is 2.28. The lowest BCUT2D eigenvalue weighted by atomic mass is 10.0. The Balaban J connectivity index is 2.08. The molecule has 0 unspecified atom stereocenters. The topological polar surface area (TPSA) is 32.8 Å². The Hall–Kier alpha value is -1.62. The first kappa shape index (κ1) is 16.7. The fraction of sp³-hybridized carbons (Fsp3) is 0.588. The molecule has 0 bridgehead atoms. The summed E-state index contributed by atoms with van der Waals surface area (Å²) in [5, 5.41) is 0.